The molecule has 2 aliphatic heterocycles. The van der Waals surface area contributed by atoms with Crippen molar-refractivity contribution in [2.24, 2.45) is 17.3 Å². The SMILES string of the molecule is CCOC(=O)C1(CCC(C)C)CNC(=O)CCCN(C(=O)C(C)C)CCNC(=O)COc2ccc(cc2OC)C1. The maximum Gasteiger partial charge on any atom is 0.314 e. The molecule has 0 aromatic heterocycles. The zero-order valence-electron chi connectivity index (χ0n) is 25.0. The number of methoxy groups -OCH3 is 1. The normalized spacial score (nSPS) is 19.6. The van der Waals surface area contributed by atoms with Crippen LogP contribution in [0.4, 0.5) is 0 Å². The molecule has 224 valence electrons. The number of hydrogen-bond donors (Lipinski definition) is 2. The van der Waals surface area contributed by atoms with Crippen LogP contribution >= 0.6 is 0 Å². The number of carbonyl (C=O) groups excluding carboxylic acids is 4. The van der Waals surface area contributed by atoms with Crippen LogP contribution in [0, 0.1) is 17.3 Å². The van der Waals surface area contributed by atoms with Gasteiger partial charge in [-0.15, -0.1) is 0 Å². The highest BCUT2D eigenvalue weighted by molar-refractivity contribution is 5.81. The number of benzene rings is 1. The highest BCUT2D eigenvalue weighted by atomic mass is 16.5. The maximum absolute atomic E-state index is 13.5. The van der Waals surface area contributed by atoms with Gasteiger partial charge >= 0.3 is 5.97 Å². The highest BCUT2D eigenvalue weighted by Crippen LogP contribution is 2.35. The minimum atomic E-state index is -0.980. The van der Waals surface area contributed by atoms with Crippen molar-refractivity contribution in [3.63, 3.8) is 0 Å². The van der Waals surface area contributed by atoms with Crippen LogP contribution in [0.25, 0.3) is 0 Å². The van der Waals surface area contributed by atoms with Gasteiger partial charge in [0, 0.05) is 38.5 Å². The van der Waals surface area contributed by atoms with Gasteiger partial charge in [-0.25, -0.2) is 0 Å². The molecule has 0 fully saturated rings. The van der Waals surface area contributed by atoms with Crippen molar-refractivity contribution in [2.75, 3.05) is 46.5 Å². The van der Waals surface area contributed by atoms with Crippen LogP contribution in [0.2, 0.25) is 0 Å². The van der Waals surface area contributed by atoms with Gasteiger partial charge in [-0.1, -0.05) is 33.8 Å². The first-order chi connectivity index (χ1) is 19.0. The third-order valence-electron chi connectivity index (χ3n) is 7.00. The number of carbonyl (C=O) groups is 4. The van der Waals surface area contributed by atoms with Crippen molar-refractivity contribution in [3.8, 4) is 11.5 Å². The monoisotopic (exact) mass is 561 g/mol. The Morgan fingerprint density at radius 1 is 1.10 bits per heavy atom. The molecule has 1 aromatic rings. The quantitative estimate of drug-likeness (QED) is 0.387. The van der Waals surface area contributed by atoms with Crippen LogP contribution in [0.1, 0.15) is 65.9 Å². The van der Waals surface area contributed by atoms with Crippen molar-refractivity contribution < 1.29 is 33.4 Å². The van der Waals surface area contributed by atoms with E-state index < -0.39 is 5.41 Å². The lowest BCUT2D eigenvalue weighted by atomic mass is 9.76. The van der Waals surface area contributed by atoms with Crippen LogP contribution < -0.4 is 20.1 Å². The minimum absolute atomic E-state index is 0.0450. The van der Waals surface area contributed by atoms with Gasteiger partial charge in [0.25, 0.3) is 5.91 Å². The van der Waals surface area contributed by atoms with Crippen LogP contribution in [-0.2, 0) is 30.3 Å². The lowest BCUT2D eigenvalue weighted by Crippen LogP contribution is -2.46. The molecule has 2 bridgehead atoms. The predicted octanol–water partition coefficient (Wildman–Crippen LogP) is 3.11. The molecule has 0 saturated heterocycles. The summed E-state index contributed by atoms with van der Waals surface area (Å²) in [5.41, 5.74) is -0.161. The van der Waals surface area contributed by atoms with Gasteiger partial charge in [-0.3, -0.25) is 19.2 Å². The topological polar surface area (TPSA) is 123 Å². The molecule has 3 rings (SSSR count). The highest BCUT2D eigenvalue weighted by Gasteiger charge is 2.40. The number of nitrogens with zero attached hydrogens (tertiary/aromatic N) is 1. The molecular formula is C30H47N3O7. The Bertz CT molecular complexity index is 1010. The number of esters is 1. The summed E-state index contributed by atoms with van der Waals surface area (Å²) in [6.07, 6.45) is 2.29. The summed E-state index contributed by atoms with van der Waals surface area (Å²) in [5.74, 6) is 0.0486. The Hall–Kier alpha value is -3.30. The van der Waals surface area contributed by atoms with E-state index in [1.165, 1.54) is 7.11 Å². The number of amides is 3. The van der Waals surface area contributed by atoms with Crippen LogP contribution in [0.3, 0.4) is 0 Å². The molecule has 2 aliphatic rings. The summed E-state index contributed by atoms with van der Waals surface area (Å²) in [4.78, 5) is 53.2. The molecule has 1 atom stereocenters. The zero-order valence-corrected chi connectivity index (χ0v) is 25.0. The fourth-order valence-corrected chi connectivity index (χ4v) is 4.68. The second-order valence-electron chi connectivity index (χ2n) is 11.1. The number of rotatable bonds is 7. The van der Waals surface area contributed by atoms with Crippen molar-refractivity contribution in [3.05, 3.63) is 23.8 Å². The third kappa shape index (κ3) is 10.0. The molecule has 0 radical (unpaired) electrons. The number of hydrogen-bond acceptors (Lipinski definition) is 7. The summed E-state index contributed by atoms with van der Waals surface area (Å²) in [6, 6.07) is 5.35. The van der Waals surface area contributed by atoms with Crippen molar-refractivity contribution in [1.29, 1.82) is 0 Å². The average Bonchev–Trinajstić information content (AvgIpc) is 2.92. The first-order valence-corrected chi connectivity index (χ1v) is 14.3. The second-order valence-corrected chi connectivity index (χ2v) is 11.1. The molecule has 3 amide bonds. The summed E-state index contributed by atoms with van der Waals surface area (Å²) >= 11 is 0. The average molecular weight is 562 g/mol. The Morgan fingerprint density at radius 2 is 1.85 bits per heavy atom. The molecule has 2 N–H and O–H groups in total. The van der Waals surface area contributed by atoms with E-state index in [-0.39, 0.29) is 62.3 Å². The van der Waals surface area contributed by atoms with Gasteiger partial charge in [0.15, 0.2) is 18.1 Å². The van der Waals surface area contributed by atoms with Crippen LogP contribution in [0.15, 0.2) is 18.2 Å². The second kappa shape index (κ2) is 16.1. The molecule has 0 spiro atoms. The van der Waals surface area contributed by atoms with Crippen molar-refractivity contribution in [1.82, 2.24) is 15.5 Å². The van der Waals surface area contributed by atoms with E-state index in [0.717, 1.165) is 12.0 Å². The molecule has 10 heteroatoms. The fraction of sp³-hybridized carbons (Fsp3) is 0.667. The van der Waals surface area contributed by atoms with E-state index >= 15 is 0 Å². The molecule has 40 heavy (non-hydrogen) atoms. The van der Waals surface area contributed by atoms with E-state index in [2.05, 4.69) is 24.5 Å². The largest absolute Gasteiger partial charge is 0.493 e. The zero-order chi connectivity index (χ0) is 29.7. The van der Waals surface area contributed by atoms with Crippen molar-refractivity contribution >= 4 is 23.7 Å². The van der Waals surface area contributed by atoms with E-state index in [9.17, 15) is 19.2 Å². The summed E-state index contributed by atoms with van der Waals surface area (Å²) < 4.78 is 16.8. The molecule has 0 aliphatic carbocycles. The Morgan fingerprint density at radius 3 is 2.50 bits per heavy atom. The minimum Gasteiger partial charge on any atom is -0.493 e. The first kappa shape index (κ1) is 32.9. The standard InChI is InChI=1S/C30H47N3O7/c1-7-39-29(37)30(13-12-21(2)3)18-23-10-11-24(25(17-23)38-6)40-19-27(35)31-14-16-33(28(36)22(4)5)15-8-9-26(34)32-20-30/h10-11,17,21-22H,7-9,12-16,18-20H2,1-6H3,(H,31,35)(H,32,34). The lowest BCUT2D eigenvalue weighted by Gasteiger charge is -2.33. The van der Waals surface area contributed by atoms with Gasteiger partial charge in [0.2, 0.25) is 11.8 Å². The van der Waals surface area contributed by atoms with Gasteiger partial charge in [-0.2, -0.15) is 0 Å². The maximum atomic E-state index is 13.5. The number of fused-ring (bicyclic) bond motifs is 16. The van der Waals surface area contributed by atoms with E-state index in [1.807, 2.05) is 19.9 Å². The smallest absolute Gasteiger partial charge is 0.314 e. The summed E-state index contributed by atoms with van der Waals surface area (Å²) in [7, 11) is 1.51. The van der Waals surface area contributed by atoms with Crippen molar-refractivity contribution in [2.45, 2.75) is 66.7 Å². The van der Waals surface area contributed by atoms with Crippen LogP contribution in [-0.4, -0.2) is 75.1 Å². The Labute approximate surface area is 238 Å². The van der Waals surface area contributed by atoms with Gasteiger partial charge < -0.3 is 29.7 Å². The lowest BCUT2D eigenvalue weighted by molar-refractivity contribution is -0.156. The fourth-order valence-electron chi connectivity index (χ4n) is 4.68. The third-order valence-corrected chi connectivity index (χ3v) is 7.00. The molecule has 0 saturated carbocycles. The van der Waals surface area contributed by atoms with Gasteiger partial charge in [-0.05, 0) is 56.2 Å². The Kier molecular flexibility index (Phi) is 13.2. The predicted molar refractivity (Wildman–Crippen MR) is 152 cm³/mol. The summed E-state index contributed by atoms with van der Waals surface area (Å²) in [5, 5.41) is 5.77. The molecule has 1 unspecified atom stereocenters. The van der Waals surface area contributed by atoms with E-state index in [1.54, 1.807) is 24.0 Å². The molecule has 1 aromatic carbocycles. The number of ether oxygens (including phenoxy) is 3. The Balaban J connectivity index is 2.42. The summed E-state index contributed by atoms with van der Waals surface area (Å²) in [6.45, 7) is 10.7. The van der Waals surface area contributed by atoms with Crippen LogP contribution in [0.5, 0.6) is 11.5 Å². The van der Waals surface area contributed by atoms with Gasteiger partial charge in [0.1, 0.15) is 0 Å². The first-order valence-electron chi connectivity index (χ1n) is 14.3. The molecule has 2 heterocycles. The molecular weight excluding hydrogens is 514 g/mol. The van der Waals surface area contributed by atoms with E-state index in [0.29, 0.717) is 49.8 Å². The molecule has 10 nitrogen and oxygen atoms in total. The number of nitrogens with one attached hydrogen (secondary N) is 2. The van der Waals surface area contributed by atoms with Gasteiger partial charge in [0.05, 0.1) is 19.1 Å². The van der Waals surface area contributed by atoms with E-state index in [4.69, 9.17) is 14.2 Å².